The molecule has 3 aliphatic rings. The molecule has 2 unspecified atom stereocenters. The third-order valence-electron chi connectivity index (χ3n) is 7.16. The van der Waals surface area contributed by atoms with Crippen LogP contribution in [0.3, 0.4) is 0 Å². The lowest BCUT2D eigenvalue weighted by molar-refractivity contribution is -0.143. The van der Waals surface area contributed by atoms with Crippen molar-refractivity contribution >= 4 is 6.09 Å². The molecule has 3 fully saturated rings. The van der Waals surface area contributed by atoms with E-state index in [1.807, 2.05) is 39.0 Å². The zero-order chi connectivity index (χ0) is 20.6. The number of hydrogen-bond acceptors (Lipinski definition) is 4. The summed E-state index contributed by atoms with van der Waals surface area (Å²) in [6, 6.07) is 11.0. The molecule has 3 atom stereocenters. The zero-order valence-corrected chi connectivity index (χ0v) is 18.1. The molecule has 160 valence electrons. The summed E-state index contributed by atoms with van der Waals surface area (Å²) >= 11 is 0. The molecule has 2 aliphatic carbocycles. The van der Waals surface area contributed by atoms with Gasteiger partial charge in [0.2, 0.25) is 0 Å². The standard InChI is InChI=1S/C24H36N2O3/c1-23(2,3)29-22(27)25-20-12-13-26(16-20)21-14-18-10-7-11-19(15-21)24(18,28)17-8-5-4-6-9-17/h4-6,8-9,18-21,28H,7,10-16H2,1-3H3,(H,25,27)/t18?,19?,20-,21?,24?/m1/s1. The molecule has 1 aromatic carbocycles. The minimum Gasteiger partial charge on any atom is -0.444 e. The molecule has 2 saturated carbocycles. The number of hydrogen-bond donors (Lipinski definition) is 2. The highest BCUT2D eigenvalue weighted by atomic mass is 16.6. The van der Waals surface area contributed by atoms with E-state index >= 15 is 0 Å². The molecule has 2 bridgehead atoms. The number of likely N-dealkylation sites (tertiary alicyclic amines) is 1. The summed E-state index contributed by atoms with van der Waals surface area (Å²) in [5.74, 6) is 0.639. The number of amides is 1. The topological polar surface area (TPSA) is 61.8 Å². The average molecular weight is 401 g/mol. The number of aliphatic hydroxyl groups is 1. The van der Waals surface area contributed by atoms with Gasteiger partial charge in [0.15, 0.2) is 0 Å². The Morgan fingerprint density at radius 2 is 1.79 bits per heavy atom. The van der Waals surface area contributed by atoms with Gasteiger partial charge in [-0.3, -0.25) is 4.90 Å². The number of benzene rings is 1. The van der Waals surface area contributed by atoms with Crippen molar-refractivity contribution in [1.82, 2.24) is 10.2 Å². The highest BCUT2D eigenvalue weighted by molar-refractivity contribution is 5.68. The lowest BCUT2D eigenvalue weighted by Crippen LogP contribution is -2.55. The van der Waals surface area contributed by atoms with Gasteiger partial charge in [-0.05, 0) is 70.3 Å². The molecule has 29 heavy (non-hydrogen) atoms. The van der Waals surface area contributed by atoms with Crippen molar-refractivity contribution < 1.29 is 14.6 Å². The minimum atomic E-state index is -0.677. The Labute approximate surface area is 174 Å². The van der Waals surface area contributed by atoms with Gasteiger partial charge < -0.3 is 15.2 Å². The molecule has 5 nitrogen and oxygen atoms in total. The van der Waals surface area contributed by atoms with Gasteiger partial charge in [-0.1, -0.05) is 36.8 Å². The molecule has 1 saturated heterocycles. The van der Waals surface area contributed by atoms with Crippen molar-refractivity contribution in [1.29, 1.82) is 0 Å². The van der Waals surface area contributed by atoms with Crippen molar-refractivity contribution in [3.8, 4) is 0 Å². The molecule has 1 aliphatic heterocycles. The maximum atomic E-state index is 12.1. The summed E-state index contributed by atoms with van der Waals surface area (Å²) < 4.78 is 5.42. The van der Waals surface area contributed by atoms with Crippen LogP contribution in [0.25, 0.3) is 0 Å². The lowest BCUT2D eigenvalue weighted by atomic mass is 9.57. The molecule has 1 aromatic rings. The Morgan fingerprint density at radius 3 is 2.41 bits per heavy atom. The van der Waals surface area contributed by atoms with Crippen LogP contribution in [0.1, 0.15) is 64.9 Å². The molecule has 4 rings (SSSR count). The van der Waals surface area contributed by atoms with Gasteiger partial charge in [0.25, 0.3) is 0 Å². The third-order valence-corrected chi connectivity index (χ3v) is 7.16. The second-order valence-corrected chi connectivity index (χ2v) is 10.3. The lowest BCUT2D eigenvalue weighted by Gasteiger charge is -2.54. The van der Waals surface area contributed by atoms with Crippen LogP contribution in [0, 0.1) is 11.8 Å². The van der Waals surface area contributed by atoms with Crippen LogP contribution in [0.4, 0.5) is 4.79 Å². The van der Waals surface area contributed by atoms with Gasteiger partial charge in [0.05, 0.1) is 5.60 Å². The van der Waals surface area contributed by atoms with E-state index in [2.05, 4.69) is 22.3 Å². The summed E-state index contributed by atoms with van der Waals surface area (Å²) in [7, 11) is 0. The number of rotatable bonds is 3. The van der Waals surface area contributed by atoms with E-state index in [1.165, 1.54) is 6.42 Å². The molecular formula is C24H36N2O3. The van der Waals surface area contributed by atoms with Crippen LogP contribution < -0.4 is 5.32 Å². The normalized spacial score (nSPS) is 35.3. The Morgan fingerprint density at radius 1 is 1.14 bits per heavy atom. The van der Waals surface area contributed by atoms with Crippen molar-refractivity contribution in [3.63, 3.8) is 0 Å². The van der Waals surface area contributed by atoms with Gasteiger partial charge in [-0.2, -0.15) is 0 Å². The first-order valence-corrected chi connectivity index (χ1v) is 11.3. The number of carbonyl (C=O) groups is 1. The van der Waals surface area contributed by atoms with Gasteiger partial charge in [-0.25, -0.2) is 4.79 Å². The van der Waals surface area contributed by atoms with Crippen LogP contribution in [0.15, 0.2) is 30.3 Å². The summed E-state index contributed by atoms with van der Waals surface area (Å²) in [5, 5.41) is 14.8. The Hall–Kier alpha value is -1.59. The van der Waals surface area contributed by atoms with E-state index in [0.29, 0.717) is 17.9 Å². The molecule has 2 N–H and O–H groups in total. The fourth-order valence-electron chi connectivity index (χ4n) is 5.92. The zero-order valence-electron chi connectivity index (χ0n) is 18.1. The van der Waals surface area contributed by atoms with E-state index in [-0.39, 0.29) is 12.1 Å². The monoisotopic (exact) mass is 400 g/mol. The smallest absolute Gasteiger partial charge is 0.407 e. The SMILES string of the molecule is CC(C)(C)OC(=O)N[C@@H]1CCN(C2CC3CCCC(C2)C3(O)c2ccccc2)C1. The molecule has 1 amide bonds. The number of alkyl carbamates (subject to hydrolysis) is 1. The van der Waals surface area contributed by atoms with Crippen LogP contribution in [-0.4, -0.2) is 46.9 Å². The van der Waals surface area contributed by atoms with E-state index in [0.717, 1.165) is 50.8 Å². The van der Waals surface area contributed by atoms with Gasteiger partial charge in [-0.15, -0.1) is 0 Å². The number of nitrogens with zero attached hydrogens (tertiary/aromatic N) is 1. The Bertz CT molecular complexity index is 701. The first-order valence-electron chi connectivity index (χ1n) is 11.3. The Balaban J connectivity index is 1.39. The van der Waals surface area contributed by atoms with E-state index in [1.54, 1.807) is 0 Å². The van der Waals surface area contributed by atoms with E-state index in [4.69, 9.17) is 4.74 Å². The highest BCUT2D eigenvalue weighted by Gasteiger charge is 2.53. The van der Waals surface area contributed by atoms with Crippen LogP contribution in [0.5, 0.6) is 0 Å². The fourth-order valence-corrected chi connectivity index (χ4v) is 5.92. The van der Waals surface area contributed by atoms with Crippen molar-refractivity contribution in [2.24, 2.45) is 11.8 Å². The van der Waals surface area contributed by atoms with Gasteiger partial charge >= 0.3 is 6.09 Å². The largest absolute Gasteiger partial charge is 0.444 e. The summed E-state index contributed by atoms with van der Waals surface area (Å²) in [5.41, 5.74) is -0.0475. The van der Waals surface area contributed by atoms with Gasteiger partial charge in [0.1, 0.15) is 5.60 Å². The summed E-state index contributed by atoms with van der Waals surface area (Å²) in [6.45, 7) is 7.56. The minimum absolute atomic E-state index is 0.152. The van der Waals surface area contributed by atoms with Gasteiger partial charge in [0, 0.05) is 25.2 Å². The molecule has 0 aromatic heterocycles. The van der Waals surface area contributed by atoms with Crippen molar-refractivity contribution in [2.45, 2.75) is 82.6 Å². The van der Waals surface area contributed by atoms with Crippen molar-refractivity contribution in [2.75, 3.05) is 13.1 Å². The second-order valence-electron chi connectivity index (χ2n) is 10.3. The molecule has 0 radical (unpaired) electrons. The van der Waals surface area contributed by atoms with E-state index in [9.17, 15) is 9.90 Å². The predicted octanol–water partition coefficient (Wildman–Crippen LogP) is 4.05. The predicted molar refractivity (Wildman–Crippen MR) is 114 cm³/mol. The maximum Gasteiger partial charge on any atom is 0.407 e. The Kier molecular flexibility index (Phi) is 5.64. The average Bonchev–Trinajstić information content (AvgIpc) is 3.09. The molecule has 1 heterocycles. The first kappa shape index (κ1) is 20.7. The summed E-state index contributed by atoms with van der Waals surface area (Å²) in [6.07, 6.45) is 6.16. The summed E-state index contributed by atoms with van der Waals surface area (Å²) in [4.78, 5) is 14.7. The first-order chi connectivity index (χ1) is 13.8. The van der Waals surface area contributed by atoms with Crippen LogP contribution >= 0.6 is 0 Å². The fraction of sp³-hybridized carbons (Fsp3) is 0.708. The van der Waals surface area contributed by atoms with Crippen LogP contribution in [-0.2, 0) is 10.3 Å². The quantitative estimate of drug-likeness (QED) is 0.803. The van der Waals surface area contributed by atoms with Crippen LogP contribution in [0.2, 0.25) is 0 Å². The second kappa shape index (κ2) is 7.92. The van der Waals surface area contributed by atoms with E-state index < -0.39 is 11.2 Å². The molecule has 5 heteroatoms. The highest BCUT2D eigenvalue weighted by Crippen LogP contribution is 2.53. The molecule has 0 spiro atoms. The van der Waals surface area contributed by atoms with Crippen molar-refractivity contribution in [3.05, 3.63) is 35.9 Å². The number of carbonyl (C=O) groups excluding carboxylic acids is 1. The number of nitrogens with one attached hydrogen (secondary N) is 1. The number of fused-ring (bicyclic) bond motifs is 2. The third kappa shape index (κ3) is 4.31. The molecular weight excluding hydrogens is 364 g/mol. The maximum absolute atomic E-state index is 12.1. The number of ether oxygens (including phenoxy) is 1.